The van der Waals surface area contributed by atoms with E-state index in [1.165, 1.54) is 0 Å². The quantitative estimate of drug-likeness (QED) is 0.855. The maximum absolute atomic E-state index is 12.7. The van der Waals surface area contributed by atoms with Gasteiger partial charge in [0.1, 0.15) is 5.75 Å². The average molecular weight is 391 g/mol. The first-order chi connectivity index (χ1) is 13.9. The summed E-state index contributed by atoms with van der Waals surface area (Å²) in [6.07, 6.45) is 7.10. The molecule has 148 valence electrons. The molecule has 7 nitrogen and oxygen atoms in total. The summed E-state index contributed by atoms with van der Waals surface area (Å²) in [7, 11) is 1.58. The van der Waals surface area contributed by atoms with Crippen LogP contribution in [0.2, 0.25) is 0 Å². The number of ether oxygens (including phenoxy) is 1. The van der Waals surface area contributed by atoms with Crippen molar-refractivity contribution < 1.29 is 19.1 Å². The van der Waals surface area contributed by atoms with E-state index in [0.29, 0.717) is 23.7 Å². The lowest BCUT2D eigenvalue weighted by atomic mass is 9.89. The number of nitrogens with one attached hydrogen (secondary N) is 1. The Bertz CT molecular complexity index is 1000. The first-order valence-electron chi connectivity index (χ1n) is 9.40. The van der Waals surface area contributed by atoms with Gasteiger partial charge in [-0.2, -0.15) is 0 Å². The molecule has 29 heavy (non-hydrogen) atoms. The molecule has 3 aliphatic rings. The second-order valence-electron chi connectivity index (χ2n) is 7.29. The largest absolute Gasteiger partial charge is 0.497 e. The molecule has 3 amide bonds. The number of carbonyl (C=O) groups is 3. The zero-order chi connectivity index (χ0) is 20.5. The van der Waals surface area contributed by atoms with Gasteiger partial charge in [-0.25, -0.2) is 4.99 Å². The molecular weight excluding hydrogens is 370 g/mol. The summed E-state index contributed by atoms with van der Waals surface area (Å²) >= 11 is 0. The number of allylic oxidation sites excluding steroid dienone is 3. The zero-order valence-electron chi connectivity index (χ0n) is 16.2. The lowest BCUT2D eigenvalue weighted by Crippen LogP contribution is -2.32. The van der Waals surface area contributed by atoms with Crippen molar-refractivity contribution in [3.63, 3.8) is 0 Å². The molecule has 0 spiro atoms. The van der Waals surface area contributed by atoms with Crippen LogP contribution in [0, 0.1) is 11.8 Å². The van der Waals surface area contributed by atoms with Crippen molar-refractivity contribution >= 4 is 29.1 Å². The number of aliphatic imine (C=N–C) groups is 1. The Morgan fingerprint density at radius 2 is 1.97 bits per heavy atom. The average Bonchev–Trinajstić information content (AvgIpc) is 3.09. The normalized spacial score (nSPS) is 24.8. The van der Waals surface area contributed by atoms with Gasteiger partial charge in [0.2, 0.25) is 11.8 Å². The van der Waals surface area contributed by atoms with Crippen molar-refractivity contribution in [3.05, 3.63) is 59.8 Å². The molecular formula is C22H21N3O4. The van der Waals surface area contributed by atoms with Crippen molar-refractivity contribution in [2.75, 3.05) is 18.6 Å². The van der Waals surface area contributed by atoms with Crippen LogP contribution in [0.4, 0.5) is 5.69 Å². The molecule has 1 N–H and O–H groups in total. The highest BCUT2D eigenvalue weighted by molar-refractivity contribution is 6.12. The number of methoxy groups -OCH3 is 1. The molecule has 1 fully saturated rings. The van der Waals surface area contributed by atoms with Gasteiger partial charge >= 0.3 is 0 Å². The fourth-order valence-electron chi connectivity index (χ4n) is 3.75. The second-order valence-corrected chi connectivity index (χ2v) is 7.29. The maximum Gasteiger partial charge on any atom is 0.251 e. The minimum atomic E-state index is -0.496. The molecule has 0 bridgehead atoms. The van der Waals surface area contributed by atoms with E-state index in [1.807, 2.05) is 13.0 Å². The van der Waals surface area contributed by atoms with Crippen LogP contribution in [0.15, 0.2) is 64.8 Å². The molecule has 0 radical (unpaired) electrons. The summed E-state index contributed by atoms with van der Waals surface area (Å²) in [4.78, 5) is 42.6. The van der Waals surface area contributed by atoms with E-state index in [4.69, 9.17) is 4.74 Å². The number of hydrogen-bond donors (Lipinski definition) is 1. The van der Waals surface area contributed by atoms with Gasteiger partial charge in [0.15, 0.2) is 0 Å². The van der Waals surface area contributed by atoms with Gasteiger partial charge in [-0.1, -0.05) is 11.6 Å². The van der Waals surface area contributed by atoms with Crippen LogP contribution >= 0.6 is 0 Å². The number of amides is 3. The Morgan fingerprint density at radius 3 is 2.69 bits per heavy atom. The molecule has 1 aliphatic carbocycles. The van der Waals surface area contributed by atoms with Crippen molar-refractivity contribution in [1.29, 1.82) is 0 Å². The van der Waals surface area contributed by atoms with Crippen LogP contribution in [0.3, 0.4) is 0 Å². The van der Waals surface area contributed by atoms with E-state index >= 15 is 0 Å². The van der Waals surface area contributed by atoms with E-state index in [9.17, 15) is 14.4 Å². The Labute approximate surface area is 168 Å². The molecule has 4 rings (SSSR count). The molecule has 0 saturated carbocycles. The van der Waals surface area contributed by atoms with Crippen LogP contribution in [0.5, 0.6) is 5.75 Å². The standard InChI is InChI=1S/C22H21N3O4/c1-13-9-20(26)24-19-11-15(3-8-18(13)19)23-22(28)14-10-21(27)25(12-14)16-4-6-17(29-2)7-5-16/h3-9,11,14,18H,10,12H2,1-2H3,(H,24,26). The van der Waals surface area contributed by atoms with Gasteiger partial charge in [-0.05, 0) is 43.3 Å². The Morgan fingerprint density at radius 1 is 1.21 bits per heavy atom. The topological polar surface area (TPSA) is 88.1 Å². The fourth-order valence-corrected chi connectivity index (χ4v) is 3.75. The highest BCUT2D eigenvalue weighted by atomic mass is 16.5. The number of carbonyl (C=O) groups excluding carboxylic acids is 3. The molecule has 2 aliphatic heterocycles. The molecule has 1 aromatic carbocycles. The molecule has 2 atom stereocenters. The van der Waals surface area contributed by atoms with E-state index in [0.717, 1.165) is 11.3 Å². The molecule has 2 heterocycles. The highest BCUT2D eigenvalue weighted by Crippen LogP contribution is 2.29. The number of rotatable bonds is 3. The Hall–Kier alpha value is -3.48. The van der Waals surface area contributed by atoms with Crippen molar-refractivity contribution in [1.82, 2.24) is 5.32 Å². The third-order valence-corrected chi connectivity index (χ3v) is 5.31. The van der Waals surface area contributed by atoms with Gasteiger partial charge in [-0.15, -0.1) is 0 Å². The van der Waals surface area contributed by atoms with Crippen molar-refractivity contribution in [2.24, 2.45) is 16.8 Å². The monoisotopic (exact) mass is 391 g/mol. The van der Waals surface area contributed by atoms with Gasteiger partial charge in [-0.3, -0.25) is 14.4 Å². The van der Waals surface area contributed by atoms with Crippen LogP contribution in [-0.4, -0.2) is 37.1 Å². The summed E-state index contributed by atoms with van der Waals surface area (Å²) in [5.74, 6) is -0.410. The third kappa shape index (κ3) is 3.76. The fraction of sp³-hybridized carbons (Fsp3) is 0.273. The number of anilines is 1. The van der Waals surface area contributed by atoms with Crippen molar-refractivity contribution in [3.8, 4) is 5.75 Å². The minimum absolute atomic E-state index is 0.000346. The summed E-state index contributed by atoms with van der Waals surface area (Å²) in [6, 6.07) is 7.15. The van der Waals surface area contributed by atoms with E-state index < -0.39 is 5.92 Å². The van der Waals surface area contributed by atoms with E-state index in [2.05, 4.69) is 10.3 Å². The number of fused-ring (bicyclic) bond motifs is 1. The molecule has 0 aromatic heterocycles. The van der Waals surface area contributed by atoms with Crippen LogP contribution in [-0.2, 0) is 14.4 Å². The van der Waals surface area contributed by atoms with Gasteiger partial charge in [0, 0.05) is 36.3 Å². The lowest BCUT2D eigenvalue weighted by molar-refractivity contribution is -0.123. The number of nitrogens with zero attached hydrogens (tertiary/aromatic N) is 2. The summed E-state index contributed by atoms with van der Waals surface area (Å²) in [5.41, 5.74) is 2.87. The molecule has 2 unspecified atom stereocenters. The zero-order valence-corrected chi connectivity index (χ0v) is 16.2. The predicted molar refractivity (Wildman–Crippen MR) is 109 cm³/mol. The lowest BCUT2D eigenvalue weighted by Gasteiger charge is -2.25. The molecule has 1 saturated heterocycles. The van der Waals surface area contributed by atoms with Crippen LogP contribution in [0.25, 0.3) is 0 Å². The van der Waals surface area contributed by atoms with Crippen LogP contribution in [0.1, 0.15) is 13.3 Å². The van der Waals surface area contributed by atoms with E-state index in [-0.39, 0.29) is 30.1 Å². The first kappa shape index (κ1) is 18.9. The third-order valence-electron chi connectivity index (χ3n) is 5.31. The predicted octanol–water partition coefficient (Wildman–Crippen LogP) is 2.16. The number of benzene rings is 1. The molecule has 1 aromatic rings. The van der Waals surface area contributed by atoms with Gasteiger partial charge in [0.05, 0.1) is 18.7 Å². The van der Waals surface area contributed by atoms with Gasteiger partial charge in [0.25, 0.3) is 5.91 Å². The first-order valence-corrected chi connectivity index (χ1v) is 9.40. The minimum Gasteiger partial charge on any atom is -0.497 e. The Kier molecular flexibility index (Phi) is 4.88. The second kappa shape index (κ2) is 7.50. The summed E-state index contributed by atoms with van der Waals surface area (Å²) in [5, 5.41) is 2.80. The van der Waals surface area contributed by atoms with Crippen LogP contribution < -0.4 is 15.0 Å². The maximum atomic E-state index is 12.7. The highest BCUT2D eigenvalue weighted by Gasteiger charge is 2.35. The smallest absolute Gasteiger partial charge is 0.251 e. The SMILES string of the molecule is COc1ccc(N2CC(C(=O)N=C3C=CC4C(C)=CC(=O)NC4=C3)CC2=O)cc1. The summed E-state index contributed by atoms with van der Waals surface area (Å²) in [6.45, 7) is 2.19. The van der Waals surface area contributed by atoms with Crippen molar-refractivity contribution in [2.45, 2.75) is 13.3 Å². The van der Waals surface area contributed by atoms with E-state index in [1.54, 1.807) is 54.5 Å². The number of hydrogen-bond acceptors (Lipinski definition) is 4. The summed E-state index contributed by atoms with van der Waals surface area (Å²) < 4.78 is 5.14. The van der Waals surface area contributed by atoms with Gasteiger partial charge < -0.3 is 15.0 Å². The Balaban J connectivity index is 1.48. The molecule has 7 heteroatoms.